The van der Waals surface area contributed by atoms with Crippen LogP contribution in [0.15, 0.2) is 94.7 Å². The highest BCUT2D eigenvalue weighted by atomic mass is 32.2. The predicted octanol–water partition coefficient (Wildman–Crippen LogP) is 4.86. The molecule has 0 aromatic heterocycles. The molecular weight excluding hydrogens is 530 g/mol. The fraction of sp³-hybridized carbons (Fsp3) is 0.300. The van der Waals surface area contributed by atoms with Gasteiger partial charge in [0.25, 0.3) is 10.0 Å². The monoisotopic (exact) mass is 565 g/mol. The van der Waals surface area contributed by atoms with Gasteiger partial charge >= 0.3 is 0 Å². The molecule has 7 nitrogen and oxygen atoms in total. The molecule has 3 aromatic rings. The van der Waals surface area contributed by atoms with Crippen molar-refractivity contribution in [1.82, 2.24) is 9.80 Å². The SMILES string of the molecule is CCOc1ccccc1N(CC(=O)N1CCN(C/C=C/c2ccccc2)CC1)S(=O)(=O)c1ccc(SC)cc1. The van der Waals surface area contributed by atoms with Crippen LogP contribution in [0.5, 0.6) is 5.75 Å². The predicted molar refractivity (Wildman–Crippen MR) is 159 cm³/mol. The highest BCUT2D eigenvalue weighted by Gasteiger charge is 2.31. The molecule has 1 heterocycles. The first-order valence-corrected chi connectivity index (χ1v) is 15.7. The van der Waals surface area contributed by atoms with Gasteiger partial charge in [0, 0.05) is 37.6 Å². The molecule has 3 aromatic carbocycles. The number of ether oxygens (including phenoxy) is 1. The Hall–Kier alpha value is -3.27. The molecule has 1 fully saturated rings. The number of thioether (sulfide) groups is 1. The number of para-hydroxylation sites is 2. The lowest BCUT2D eigenvalue weighted by Crippen LogP contribution is -2.51. The van der Waals surface area contributed by atoms with E-state index in [9.17, 15) is 13.2 Å². The van der Waals surface area contributed by atoms with Crippen LogP contribution in [-0.4, -0.2) is 76.3 Å². The number of hydrogen-bond donors (Lipinski definition) is 0. The van der Waals surface area contributed by atoms with Gasteiger partial charge in [-0.3, -0.25) is 14.0 Å². The molecule has 9 heteroatoms. The fourth-order valence-electron chi connectivity index (χ4n) is 4.42. The zero-order valence-electron chi connectivity index (χ0n) is 22.4. The van der Waals surface area contributed by atoms with Crippen LogP contribution in [0.25, 0.3) is 6.08 Å². The smallest absolute Gasteiger partial charge is 0.264 e. The molecule has 0 saturated carbocycles. The van der Waals surface area contributed by atoms with Crippen LogP contribution in [0.2, 0.25) is 0 Å². The summed E-state index contributed by atoms with van der Waals surface area (Å²) >= 11 is 1.54. The van der Waals surface area contributed by atoms with Crippen LogP contribution in [0, 0.1) is 0 Å². The molecule has 0 atom stereocenters. The lowest BCUT2D eigenvalue weighted by Gasteiger charge is -2.35. The molecule has 0 spiro atoms. The molecule has 0 N–H and O–H groups in total. The van der Waals surface area contributed by atoms with Crippen molar-refractivity contribution in [2.75, 3.05) is 56.4 Å². The molecule has 1 amide bonds. The maximum absolute atomic E-state index is 13.9. The Morgan fingerprint density at radius 3 is 2.28 bits per heavy atom. The number of carbonyl (C=O) groups excluding carboxylic acids is 1. The van der Waals surface area contributed by atoms with Gasteiger partial charge in [-0.1, -0.05) is 54.6 Å². The third kappa shape index (κ3) is 7.44. The Morgan fingerprint density at radius 1 is 0.949 bits per heavy atom. The third-order valence-corrected chi connectivity index (χ3v) is 9.08. The summed E-state index contributed by atoms with van der Waals surface area (Å²) in [6.45, 7) is 5.25. The highest BCUT2D eigenvalue weighted by molar-refractivity contribution is 7.98. The minimum Gasteiger partial charge on any atom is -0.492 e. The van der Waals surface area contributed by atoms with Gasteiger partial charge in [-0.15, -0.1) is 11.8 Å². The standard InChI is InChI=1S/C30H35N3O4S2/c1-3-37-29-14-8-7-13-28(29)33(39(35,36)27-17-15-26(38-2)16-18-27)24-30(34)32-22-20-31(21-23-32)19-9-12-25-10-5-4-6-11-25/h4-18H,3,19-24H2,1-2H3/b12-9+. The maximum Gasteiger partial charge on any atom is 0.264 e. The third-order valence-electron chi connectivity index (χ3n) is 6.56. The Morgan fingerprint density at radius 2 is 1.62 bits per heavy atom. The zero-order valence-corrected chi connectivity index (χ0v) is 24.0. The minimum atomic E-state index is -4.03. The number of amides is 1. The Bertz CT molecular complexity index is 1350. The highest BCUT2D eigenvalue weighted by Crippen LogP contribution is 2.33. The number of hydrogen-bond acceptors (Lipinski definition) is 6. The second-order valence-corrected chi connectivity index (χ2v) is 11.8. The number of carbonyl (C=O) groups is 1. The van der Waals surface area contributed by atoms with Crippen LogP contribution in [0.4, 0.5) is 5.69 Å². The van der Waals surface area contributed by atoms with Gasteiger partial charge in [-0.2, -0.15) is 0 Å². The van der Waals surface area contributed by atoms with Crippen LogP contribution in [0.3, 0.4) is 0 Å². The summed E-state index contributed by atoms with van der Waals surface area (Å²) in [5.41, 5.74) is 1.51. The van der Waals surface area contributed by atoms with E-state index in [1.807, 2.05) is 31.4 Å². The largest absolute Gasteiger partial charge is 0.492 e. The van der Waals surface area contributed by atoms with Crippen molar-refractivity contribution in [3.05, 3.63) is 90.5 Å². The zero-order chi connectivity index (χ0) is 27.7. The van der Waals surface area contributed by atoms with Gasteiger partial charge in [0.2, 0.25) is 5.91 Å². The molecule has 39 heavy (non-hydrogen) atoms. The van der Waals surface area contributed by atoms with Gasteiger partial charge in [-0.25, -0.2) is 8.42 Å². The second-order valence-electron chi connectivity index (χ2n) is 9.08. The van der Waals surface area contributed by atoms with E-state index in [0.29, 0.717) is 31.1 Å². The van der Waals surface area contributed by atoms with E-state index in [0.717, 1.165) is 30.1 Å². The van der Waals surface area contributed by atoms with Crippen molar-refractivity contribution in [2.24, 2.45) is 0 Å². The maximum atomic E-state index is 13.9. The van der Waals surface area contributed by atoms with Crippen molar-refractivity contribution < 1.29 is 17.9 Å². The van der Waals surface area contributed by atoms with E-state index in [4.69, 9.17) is 4.74 Å². The average molecular weight is 566 g/mol. The van der Waals surface area contributed by atoms with Gasteiger partial charge in [0.15, 0.2) is 0 Å². The molecule has 1 aliphatic rings. The van der Waals surface area contributed by atoms with Gasteiger partial charge in [0.05, 0.1) is 17.2 Å². The van der Waals surface area contributed by atoms with Crippen LogP contribution >= 0.6 is 11.8 Å². The lowest BCUT2D eigenvalue weighted by molar-refractivity contribution is -0.131. The van der Waals surface area contributed by atoms with E-state index in [2.05, 4.69) is 29.2 Å². The van der Waals surface area contributed by atoms with Crippen LogP contribution in [-0.2, 0) is 14.8 Å². The Labute approximate surface area is 236 Å². The van der Waals surface area contributed by atoms with E-state index >= 15 is 0 Å². The first-order valence-electron chi connectivity index (χ1n) is 13.0. The van der Waals surface area contributed by atoms with E-state index < -0.39 is 10.0 Å². The number of nitrogens with zero attached hydrogens (tertiary/aromatic N) is 3. The minimum absolute atomic E-state index is 0.134. The van der Waals surface area contributed by atoms with Crippen molar-refractivity contribution in [2.45, 2.75) is 16.7 Å². The summed E-state index contributed by atoms with van der Waals surface area (Å²) in [6.07, 6.45) is 6.17. The molecule has 0 radical (unpaired) electrons. The molecule has 0 unspecified atom stereocenters. The molecule has 0 aliphatic carbocycles. The van der Waals surface area contributed by atoms with Crippen molar-refractivity contribution >= 4 is 39.5 Å². The average Bonchev–Trinajstić information content (AvgIpc) is 2.97. The van der Waals surface area contributed by atoms with Crippen molar-refractivity contribution in [3.8, 4) is 5.75 Å². The van der Waals surface area contributed by atoms with Crippen LogP contribution < -0.4 is 9.04 Å². The summed E-state index contributed by atoms with van der Waals surface area (Å²) in [4.78, 5) is 18.6. The molecule has 0 bridgehead atoms. The Kier molecular flexibility index (Phi) is 10.1. The normalized spacial score (nSPS) is 14.5. The number of benzene rings is 3. The van der Waals surface area contributed by atoms with Crippen molar-refractivity contribution in [1.29, 1.82) is 0 Å². The number of rotatable bonds is 11. The summed E-state index contributed by atoms with van der Waals surface area (Å²) in [6, 6.07) is 23.8. The molecule has 1 saturated heterocycles. The molecule has 4 rings (SSSR count). The number of anilines is 1. The number of piperazine rings is 1. The molecular formula is C30H35N3O4S2. The first kappa shape index (κ1) is 28.7. The fourth-order valence-corrected chi connectivity index (χ4v) is 6.25. The molecule has 1 aliphatic heterocycles. The Balaban J connectivity index is 1.48. The summed E-state index contributed by atoms with van der Waals surface area (Å²) < 4.78 is 34.7. The van der Waals surface area contributed by atoms with E-state index in [-0.39, 0.29) is 17.3 Å². The quantitative estimate of drug-likeness (QED) is 0.309. The van der Waals surface area contributed by atoms with Gasteiger partial charge in [-0.05, 0) is 55.1 Å². The van der Waals surface area contributed by atoms with Crippen LogP contribution in [0.1, 0.15) is 12.5 Å². The summed E-state index contributed by atoms with van der Waals surface area (Å²) in [5.74, 6) is 0.192. The van der Waals surface area contributed by atoms with E-state index in [1.165, 1.54) is 16.1 Å². The summed E-state index contributed by atoms with van der Waals surface area (Å²) in [7, 11) is -4.03. The second kappa shape index (κ2) is 13.7. The summed E-state index contributed by atoms with van der Waals surface area (Å²) in [5, 5.41) is 0. The number of sulfonamides is 1. The van der Waals surface area contributed by atoms with Gasteiger partial charge < -0.3 is 9.64 Å². The molecule has 206 valence electrons. The lowest BCUT2D eigenvalue weighted by atomic mass is 10.2. The van der Waals surface area contributed by atoms with Crippen molar-refractivity contribution in [3.63, 3.8) is 0 Å². The topological polar surface area (TPSA) is 70.2 Å². The first-order chi connectivity index (χ1) is 18.9. The van der Waals surface area contributed by atoms with E-state index in [1.54, 1.807) is 53.4 Å². The van der Waals surface area contributed by atoms with Gasteiger partial charge in [0.1, 0.15) is 12.3 Å².